The molecule has 1 saturated carbocycles. The molecule has 124 valence electrons. The third kappa shape index (κ3) is 4.03. The number of rotatable bonds is 5. The summed E-state index contributed by atoms with van der Waals surface area (Å²) in [5.74, 6) is 0.590. The number of aryl methyl sites for hydroxylation is 1. The van der Waals surface area contributed by atoms with Gasteiger partial charge in [0.15, 0.2) is 0 Å². The summed E-state index contributed by atoms with van der Waals surface area (Å²) in [5.41, 5.74) is 2.16. The van der Waals surface area contributed by atoms with Crippen molar-refractivity contribution in [2.45, 2.75) is 51.6 Å². The van der Waals surface area contributed by atoms with Crippen LogP contribution in [0.1, 0.15) is 39.0 Å². The molecule has 1 aromatic carbocycles. The molecule has 2 N–H and O–H groups in total. The van der Waals surface area contributed by atoms with Crippen LogP contribution in [0, 0.1) is 5.92 Å². The molecule has 1 aliphatic carbocycles. The summed E-state index contributed by atoms with van der Waals surface area (Å²) in [4.78, 5) is 16.4. The Balaban J connectivity index is 1.40. The fourth-order valence-corrected chi connectivity index (χ4v) is 3.39. The Bertz CT molecular complexity index is 651. The highest BCUT2D eigenvalue weighted by atomic mass is 16.2. The second kappa shape index (κ2) is 7.49. The lowest BCUT2D eigenvalue weighted by molar-refractivity contribution is 0.221. The Kier molecular flexibility index (Phi) is 5.16. The van der Waals surface area contributed by atoms with E-state index in [2.05, 4.69) is 33.2 Å². The van der Waals surface area contributed by atoms with Gasteiger partial charge < -0.3 is 15.2 Å². The predicted octanol–water partition coefficient (Wildman–Crippen LogP) is 3.30. The highest BCUT2D eigenvalue weighted by Crippen LogP contribution is 2.23. The van der Waals surface area contributed by atoms with Crippen LogP contribution >= 0.6 is 0 Å². The average molecular weight is 314 g/mol. The quantitative estimate of drug-likeness (QED) is 0.832. The SMILES string of the molecule is CC1CCCCC1NC(=O)NCCCn1cnc2ccccc21. The molecule has 2 amide bonds. The van der Waals surface area contributed by atoms with Gasteiger partial charge in [-0.1, -0.05) is 31.9 Å². The normalized spacial score (nSPS) is 21.3. The number of amides is 2. The second-order valence-electron chi connectivity index (χ2n) is 6.55. The summed E-state index contributed by atoms with van der Waals surface area (Å²) < 4.78 is 2.14. The molecule has 0 saturated heterocycles. The van der Waals surface area contributed by atoms with Crippen molar-refractivity contribution < 1.29 is 4.79 Å². The van der Waals surface area contributed by atoms with Gasteiger partial charge in [0, 0.05) is 19.1 Å². The standard InChI is InChI=1S/C18H26N4O/c1-14-7-2-3-8-15(14)21-18(23)19-11-6-12-22-13-20-16-9-4-5-10-17(16)22/h4-5,9-10,13-15H,2-3,6-8,11-12H2,1H3,(H2,19,21,23). The Hall–Kier alpha value is -2.04. The molecule has 2 aromatic rings. The van der Waals surface area contributed by atoms with Gasteiger partial charge in [0.05, 0.1) is 17.4 Å². The van der Waals surface area contributed by atoms with Crippen LogP contribution in [0.15, 0.2) is 30.6 Å². The Morgan fingerprint density at radius 3 is 3.00 bits per heavy atom. The van der Waals surface area contributed by atoms with E-state index in [9.17, 15) is 4.79 Å². The lowest BCUT2D eigenvalue weighted by Crippen LogP contribution is -2.46. The van der Waals surface area contributed by atoms with E-state index in [-0.39, 0.29) is 6.03 Å². The highest BCUT2D eigenvalue weighted by Gasteiger charge is 2.22. The summed E-state index contributed by atoms with van der Waals surface area (Å²) in [6, 6.07) is 8.42. The molecule has 0 aliphatic heterocycles. The van der Waals surface area contributed by atoms with Gasteiger partial charge in [-0.15, -0.1) is 0 Å². The van der Waals surface area contributed by atoms with Crippen LogP contribution in [0.25, 0.3) is 11.0 Å². The molecule has 1 aromatic heterocycles. The van der Waals surface area contributed by atoms with Crippen LogP contribution in [0.3, 0.4) is 0 Å². The number of fused-ring (bicyclic) bond motifs is 1. The minimum Gasteiger partial charge on any atom is -0.338 e. The number of hydrogen-bond donors (Lipinski definition) is 2. The van der Waals surface area contributed by atoms with Crippen LogP contribution in [0.2, 0.25) is 0 Å². The monoisotopic (exact) mass is 314 g/mol. The molecule has 1 aliphatic rings. The maximum absolute atomic E-state index is 12.0. The number of nitrogens with zero attached hydrogens (tertiary/aromatic N) is 2. The number of hydrogen-bond acceptors (Lipinski definition) is 2. The third-order valence-corrected chi connectivity index (χ3v) is 4.82. The summed E-state index contributed by atoms with van der Waals surface area (Å²) in [7, 11) is 0. The van der Waals surface area contributed by atoms with Gasteiger partial charge in [0.25, 0.3) is 0 Å². The van der Waals surface area contributed by atoms with Gasteiger partial charge >= 0.3 is 6.03 Å². The minimum atomic E-state index is -0.0285. The molecule has 1 fully saturated rings. The molecule has 1 heterocycles. The maximum Gasteiger partial charge on any atom is 0.315 e. The number of benzene rings is 1. The average Bonchev–Trinajstić information content (AvgIpc) is 2.97. The zero-order valence-electron chi connectivity index (χ0n) is 13.8. The van der Waals surface area contributed by atoms with Crippen LogP contribution in [-0.2, 0) is 6.54 Å². The third-order valence-electron chi connectivity index (χ3n) is 4.82. The number of carbonyl (C=O) groups excluding carboxylic acids is 1. The first-order valence-electron chi connectivity index (χ1n) is 8.68. The fourth-order valence-electron chi connectivity index (χ4n) is 3.39. The highest BCUT2D eigenvalue weighted by molar-refractivity contribution is 5.75. The van der Waals surface area contributed by atoms with E-state index in [1.165, 1.54) is 19.3 Å². The van der Waals surface area contributed by atoms with Crippen molar-refractivity contribution in [1.82, 2.24) is 20.2 Å². The number of nitrogens with one attached hydrogen (secondary N) is 2. The smallest absolute Gasteiger partial charge is 0.315 e. The summed E-state index contributed by atoms with van der Waals surface area (Å²) in [6.07, 6.45) is 7.61. The molecule has 0 bridgehead atoms. The Morgan fingerprint density at radius 1 is 1.30 bits per heavy atom. The zero-order chi connectivity index (χ0) is 16.1. The van der Waals surface area contributed by atoms with E-state index in [1.54, 1.807) is 0 Å². The summed E-state index contributed by atoms with van der Waals surface area (Å²) >= 11 is 0. The maximum atomic E-state index is 12.0. The van der Waals surface area contributed by atoms with Crippen molar-refractivity contribution in [1.29, 1.82) is 0 Å². The lowest BCUT2D eigenvalue weighted by atomic mass is 9.86. The van der Waals surface area contributed by atoms with Gasteiger partial charge in [-0.2, -0.15) is 0 Å². The molecule has 2 atom stereocenters. The minimum absolute atomic E-state index is 0.0285. The van der Waals surface area contributed by atoms with Crippen LogP contribution in [0.4, 0.5) is 4.79 Å². The topological polar surface area (TPSA) is 59.0 Å². The van der Waals surface area contributed by atoms with Gasteiger partial charge in [-0.3, -0.25) is 0 Å². The van der Waals surface area contributed by atoms with Gasteiger partial charge in [0.2, 0.25) is 0 Å². The molecule has 5 nitrogen and oxygen atoms in total. The number of para-hydroxylation sites is 2. The molecule has 2 unspecified atom stereocenters. The van der Waals surface area contributed by atoms with E-state index in [0.29, 0.717) is 18.5 Å². The lowest BCUT2D eigenvalue weighted by Gasteiger charge is -2.29. The van der Waals surface area contributed by atoms with E-state index >= 15 is 0 Å². The summed E-state index contributed by atoms with van der Waals surface area (Å²) in [6.45, 7) is 3.77. The first kappa shape index (κ1) is 15.8. The van der Waals surface area contributed by atoms with E-state index in [1.807, 2.05) is 24.5 Å². The van der Waals surface area contributed by atoms with Crippen LogP contribution < -0.4 is 10.6 Å². The molecular formula is C18H26N4O. The Morgan fingerprint density at radius 2 is 2.13 bits per heavy atom. The molecule has 5 heteroatoms. The van der Waals surface area contributed by atoms with Crippen LogP contribution in [0.5, 0.6) is 0 Å². The van der Waals surface area contributed by atoms with Crippen molar-refractivity contribution in [2.24, 2.45) is 5.92 Å². The molecule has 0 radical (unpaired) electrons. The molecule has 3 rings (SSSR count). The van der Waals surface area contributed by atoms with Gasteiger partial charge in [0.1, 0.15) is 0 Å². The number of carbonyl (C=O) groups is 1. The fraction of sp³-hybridized carbons (Fsp3) is 0.556. The van der Waals surface area contributed by atoms with Crippen molar-refractivity contribution in [3.63, 3.8) is 0 Å². The molecular weight excluding hydrogens is 288 g/mol. The van der Waals surface area contributed by atoms with Gasteiger partial charge in [-0.05, 0) is 37.3 Å². The zero-order valence-corrected chi connectivity index (χ0v) is 13.8. The van der Waals surface area contributed by atoms with E-state index < -0.39 is 0 Å². The van der Waals surface area contributed by atoms with E-state index in [0.717, 1.165) is 30.4 Å². The number of imidazole rings is 1. The largest absolute Gasteiger partial charge is 0.338 e. The second-order valence-corrected chi connectivity index (χ2v) is 6.55. The van der Waals surface area contributed by atoms with E-state index in [4.69, 9.17) is 0 Å². The Labute approximate surface area is 137 Å². The van der Waals surface area contributed by atoms with Crippen LogP contribution in [-0.4, -0.2) is 28.2 Å². The van der Waals surface area contributed by atoms with Crippen molar-refractivity contribution in [3.05, 3.63) is 30.6 Å². The molecule has 0 spiro atoms. The predicted molar refractivity (Wildman–Crippen MR) is 92.3 cm³/mol. The van der Waals surface area contributed by atoms with Gasteiger partial charge in [-0.25, -0.2) is 9.78 Å². The van der Waals surface area contributed by atoms with Crippen molar-refractivity contribution in [2.75, 3.05) is 6.54 Å². The van der Waals surface area contributed by atoms with Crippen molar-refractivity contribution in [3.8, 4) is 0 Å². The number of urea groups is 1. The first-order valence-corrected chi connectivity index (χ1v) is 8.68. The molecule has 23 heavy (non-hydrogen) atoms. The van der Waals surface area contributed by atoms with Crippen molar-refractivity contribution >= 4 is 17.1 Å². The first-order chi connectivity index (χ1) is 11.2. The summed E-state index contributed by atoms with van der Waals surface area (Å²) in [5, 5.41) is 6.10. The number of aromatic nitrogens is 2.